The van der Waals surface area contributed by atoms with Gasteiger partial charge in [0.15, 0.2) is 9.84 Å². The topological polar surface area (TPSA) is 43.4 Å². The normalized spacial score (nSPS) is 15.1. The summed E-state index contributed by atoms with van der Waals surface area (Å²) >= 11 is 0. The van der Waals surface area contributed by atoms with Crippen LogP contribution >= 0.6 is 0 Å². The molecule has 24 heavy (non-hydrogen) atoms. The molecule has 2 aromatic rings. The molecule has 0 saturated heterocycles. The Hall–Kier alpha value is -1.91. The molecule has 0 unspecified atom stereocenters. The molecule has 1 aliphatic carbocycles. The van der Waals surface area contributed by atoms with Gasteiger partial charge in [-0.05, 0) is 53.2 Å². The van der Waals surface area contributed by atoms with Crippen LogP contribution in [0.1, 0.15) is 36.0 Å². The lowest BCUT2D eigenvalue weighted by molar-refractivity contribution is 0.185. The number of hydrogen-bond donors (Lipinski definition) is 0. The molecule has 0 aromatic heterocycles. The van der Waals surface area contributed by atoms with Crippen LogP contribution in [-0.2, 0) is 21.2 Å². The summed E-state index contributed by atoms with van der Waals surface area (Å²) in [5, 5.41) is 0. The fourth-order valence-corrected chi connectivity index (χ4v) is 4.28. The summed E-state index contributed by atoms with van der Waals surface area (Å²) < 4.78 is 29.4. The number of sulfone groups is 1. The fraction of sp³-hybridized carbons (Fsp3) is 0.300. The summed E-state index contributed by atoms with van der Waals surface area (Å²) in [6, 6.07) is 15.7. The van der Waals surface area contributed by atoms with E-state index < -0.39 is 9.84 Å². The van der Waals surface area contributed by atoms with Crippen molar-refractivity contribution in [2.75, 3.05) is 13.4 Å². The Kier molecular flexibility index (Phi) is 4.88. The van der Waals surface area contributed by atoms with Gasteiger partial charge in [-0.3, -0.25) is 0 Å². The Morgan fingerprint density at radius 1 is 0.958 bits per heavy atom. The van der Waals surface area contributed by atoms with Crippen LogP contribution in [0.5, 0.6) is 0 Å². The van der Waals surface area contributed by atoms with Crippen molar-refractivity contribution < 1.29 is 13.2 Å². The zero-order chi connectivity index (χ0) is 17.2. The van der Waals surface area contributed by atoms with Crippen molar-refractivity contribution in [2.24, 2.45) is 0 Å². The van der Waals surface area contributed by atoms with Crippen molar-refractivity contribution in [2.45, 2.75) is 30.8 Å². The second kappa shape index (κ2) is 6.91. The Balaban J connectivity index is 2.08. The molecule has 0 amide bonds. The first-order chi connectivity index (χ1) is 11.5. The summed E-state index contributed by atoms with van der Waals surface area (Å²) in [7, 11) is -1.55. The van der Waals surface area contributed by atoms with Crippen LogP contribution in [0, 0.1) is 0 Å². The minimum Gasteiger partial charge on any atom is -0.380 e. The van der Waals surface area contributed by atoms with Crippen LogP contribution in [0.2, 0.25) is 0 Å². The minimum atomic E-state index is -3.24. The van der Waals surface area contributed by atoms with Gasteiger partial charge < -0.3 is 4.74 Å². The largest absolute Gasteiger partial charge is 0.380 e. The monoisotopic (exact) mass is 342 g/mol. The predicted octanol–water partition coefficient (Wildman–Crippen LogP) is 4.33. The smallest absolute Gasteiger partial charge is 0.176 e. The molecule has 0 atom stereocenters. The maximum atomic E-state index is 12.1. The molecule has 0 aliphatic heterocycles. The second-order valence-corrected chi connectivity index (χ2v) is 8.19. The number of ether oxygens (including phenoxy) is 1. The van der Waals surface area contributed by atoms with Gasteiger partial charge >= 0.3 is 0 Å². The van der Waals surface area contributed by atoms with Crippen molar-refractivity contribution in [1.82, 2.24) is 0 Å². The third kappa shape index (κ3) is 3.45. The van der Waals surface area contributed by atoms with Gasteiger partial charge in [-0.25, -0.2) is 8.42 Å². The summed E-state index contributed by atoms with van der Waals surface area (Å²) in [5.74, 6) is 0. The first-order valence-corrected chi connectivity index (χ1v) is 9.99. The van der Waals surface area contributed by atoms with Gasteiger partial charge in [0.05, 0.1) is 11.5 Å². The molecule has 0 bridgehead atoms. The zero-order valence-corrected chi connectivity index (χ0v) is 14.9. The van der Waals surface area contributed by atoms with Crippen LogP contribution in [0.4, 0.5) is 0 Å². The van der Waals surface area contributed by atoms with Gasteiger partial charge in [0, 0.05) is 13.4 Å². The van der Waals surface area contributed by atoms with Crippen LogP contribution in [0.15, 0.2) is 53.4 Å². The predicted molar refractivity (Wildman–Crippen MR) is 97.4 cm³/mol. The molecule has 0 radical (unpaired) electrons. The van der Waals surface area contributed by atoms with Crippen molar-refractivity contribution in [3.8, 4) is 0 Å². The lowest BCUT2D eigenvalue weighted by atomic mass is 9.96. The van der Waals surface area contributed by atoms with Gasteiger partial charge in [-0.1, -0.05) is 42.5 Å². The highest BCUT2D eigenvalue weighted by molar-refractivity contribution is 7.90. The highest BCUT2D eigenvalue weighted by Crippen LogP contribution is 2.41. The molecule has 0 heterocycles. The van der Waals surface area contributed by atoms with E-state index in [2.05, 4.69) is 24.3 Å². The molecular formula is C20H22O3S. The molecule has 0 spiro atoms. The quantitative estimate of drug-likeness (QED) is 0.812. The maximum Gasteiger partial charge on any atom is 0.176 e. The Morgan fingerprint density at radius 2 is 1.62 bits per heavy atom. The van der Waals surface area contributed by atoms with Crippen molar-refractivity contribution >= 4 is 21.0 Å². The van der Waals surface area contributed by atoms with E-state index in [4.69, 9.17) is 4.74 Å². The Morgan fingerprint density at radius 3 is 2.29 bits per heavy atom. The lowest BCUT2D eigenvalue weighted by Crippen LogP contribution is -2.02. The SMILES string of the molecule is COCc1ccc(C2=C(c3ccccc3S(C)(=O)=O)CCC2)cc1. The molecule has 2 aromatic carbocycles. The molecular weight excluding hydrogens is 320 g/mol. The maximum absolute atomic E-state index is 12.1. The van der Waals surface area contributed by atoms with Crippen LogP contribution in [0.3, 0.4) is 0 Å². The Bertz CT molecular complexity index is 862. The van der Waals surface area contributed by atoms with Gasteiger partial charge in [0.25, 0.3) is 0 Å². The number of rotatable bonds is 5. The average molecular weight is 342 g/mol. The van der Waals surface area contributed by atoms with Crippen LogP contribution in [-0.4, -0.2) is 21.8 Å². The van der Waals surface area contributed by atoms with Crippen molar-refractivity contribution in [1.29, 1.82) is 0 Å². The van der Waals surface area contributed by atoms with E-state index in [0.29, 0.717) is 11.5 Å². The number of hydrogen-bond acceptors (Lipinski definition) is 3. The summed E-state index contributed by atoms with van der Waals surface area (Å²) in [4.78, 5) is 0.426. The highest BCUT2D eigenvalue weighted by atomic mass is 32.2. The van der Waals surface area contributed by atoms with Gasteiger partial charge in [-0.15, -0.1) is 0 Å². The van der Waals surface area contributed by atoms with E-state index >= 15 is 0 Å². The van der Waals surface area contributed by atoms with E-state index in [0.717, 1.165) is 36.0 Å². The van der Waals surface area contributed by atoms with Gasteiger partial charge in [0.2, 0.25) is 0 Å². The van der Waals surface area contributed by atoms with Crippen molar-refractivity contribution in [3.63, 3.8) is 0 Å². The van der Waals surface area contributed by atoms with E-state index in [1.807, 2.05) is 12.1 Å². The lowest BCUT2D eigenvalue weighted by Gasteiger charge is -2.12. The summed E-state index contributed by atoms with van der Waals surface area (Å²) in [6.07, 6.45) is 4.24. The Labute approximate surface area is 143 Å². The molecule has 126 valence electrons. The second-order valence-electron chi connectivity index (χ2n) is 6.21. The molecule has 1 aliphatic rings. The van der Waals surface area contributed by atoms with Crippen LogP contribution in [0.25, 0.3) is 11.1 Å². The first kappa shape index (κ1) is 16.9. The van der Waals surface area contributed by atoms with Gasteiger partial charge in [0.1, 0.15) is 0 Å². The number of allylic oxidation sites excluding steroid dienone is 2. The molecule has 3 rings (SSSR count). The molecule has 3 nitrogen and oxygen atoms in total. The summed E-state index contributed by atoms with van der Waals surface area (Å²) in [5.41, 5.74) is 5.59. The summed E-state index contributed by atoms with van der Waals surface area (Å²) in [6.45, 7) is 0.600. The van der Waals surface area contributed by atoms with E-state index in [-0.39, 0.29) is 0 Å². The number of benzene rings is 2. The van der Waals surface area contributed by atoms with Crippen molar-refractivity contribution in [3.05, 3.63) is 65.2 Å². The third-order valence-electron chi connectivity index (χ3n) is 4.44. The van der Waals surface area contributed by atoms with E-state index in [9.17, 15) is 8.42 Å². The van der Waals surface area contributed by atoms with Crippen LogP contribution < -0.4 is 0 Å². The van der Waals surface area contributed by atoms with Gasteiger partial charge in [-0.2, -0.15) is 0 Å². The van der Waals surface area contributed by atoms with E-state index in [1.165, 1.54) is 17.4 Å². The molecule has 0 saturated carbocycles. The minimum absolute atomic E-state index is 0.426. The number of methoxy groups -OCH3 is 1. The third-order valence-corrected chi connectivity index (χ3v) is 5.60. The first-order valence-electron chi connectivity index (χ1n) is 8.10. The standard InChI is InChI=1S/C20H22O3S/c1-23-14-15-10-12-16(13-11-15)17-7-5-8-18(17)19-6-3-4-9-20(19)24(2,21)22/h3-4,6,9-13H,5,7-8,14H2,1-2H3. The fourth-order valence-electron chi connectivity index (χ4n) is 3.37. The van der Waals surface area contributed by atoms with E-state index in [1.54, 1.807) is 19.2 Å². The molecule has 0 fully saturated rings. The molecule has 4 heteroatoms. The highest BCUT2D eigenvalue weighted by Gasteiger charge is 2.22. The zero-order valence-electron chi connectivity index (χ0n) is 14.1. The average Bonchev–Trinajstić information content (AvgIpc) is 3.04. The molecule has 0 N–H and O–H groups in total.